The molecular formula is C27H17ClN2O5S2. The molecule has 0 saturated heterocycles. The molecule has 10 heteroatoms. The van der Waals surface area contributed by atoms with Gasteiger partial charge in [0.1, 0.15) is 5.75 Å². The lowest BCUT2D eigenvalue weighted by Crippen LogP contribution is -2.14. The number of ether oxygens (including phenoxy) is 1. The molecule has 0 atom stereocenters. The number of fused-ring (bicyclic) bond motifs is 1. The summed E-state index contributed by atoms with van der Waals surface area (Å²) < 4.78 is 34.9. The number of benzene rings is 3. The van der Waals surface area contributed by atoms with Crippen molar-refractivity contribution in [2.45, 2.75) is 4.90 Å². The van der Waals surface area contributed by atoms with E-state index in [1.165, 1.54) is 45.6 Å². The van der Waals surface area contributed by atoms with Crippen molar-refractivity contribution in [1.29, 1.82) is 0 Å². The van der Waals surface area contributed by atoms with Gasteiger partial charge in [0.25, 0.3) is 10.0 Å². The van der Waals surface area contributed by atoms with Crippen molar-refractivity contribution in [1.82, 2.24) is 3.97 Å². The molecule has 5 rings (SSSR count). The van der Waals surface area contributed by atoms with Crippen molar-refractivity contribution in [2.24, 2.45) is 0 Å². The maximum atomic E-state index is 14.1. The molecule has 0 aliphatic carbocycles. The zero-order chi connectivity index (χ0) is 26.2. The smallest absolute Gasteiger partial charge is 0.341 e. The second-order valence-corrected chi connectivity index (χ2v) is 11.1. The highest BCUT2D eigenvalue weighted by molar-refractivity contribution is 7.90. The minimum absolute atomic E-state index is 0.0611. The van der Waals surface area contributed by atoms with Crippen molar-refractivity contribution in [3.05, 3.63) is 101 Å². The number of hydrogen-bond acceptors (Lipinski definition) is 5. The van der Waals surface area contributed by atoms with Crippen LogP contribution in [0.1, 0.15) is 0 Å². The first-order chi connectivity index (χ1) is 17.8. The summed E-state index contributed by atoms with van der Waals surface area (Å²) in [5.74, 6) is -1.07. The monoisotopic (exact) mass is 548 g/mol. The number of para-hydroxylation sites is 2. The van der Waals surface area contributed by atoms with Gasteiger partial charge >= 0.3 is 5.97 Å². The van der Waals surface area contributed by atoms with E-state index in [0.717, 1.165) is 0 Å². The van der Waals surface area contributed by atoms with E-state index in [4.69, 9.17) is 28.0 Å². The molecule has 0 unspecified atom stereocenters. The molecule has 0 aliphatic rings. The van der Waals surface area contributed by atoms with E-state index in [1.54, 1.807) is 36.4 Å². The van der Waals surface area contributed by atoms with Crippen molar-refractivity contribution < 1.29 is 23.1 Å². The lowest BCUT2D eigenvalue weighted by Gasteiger charge is -2.14. The summed E-state index contributed by atoms with van der Waals surface area (Å²) in [5, 5.41) is 11.9. The average Bonchev–Trinajstić information content (AvgIpc) is 3.53. The summed E-state index contributed by atoms with van der Waals surface area (Å²) in [5.41, 5.74) is 1.88. The molecule has 0 fully saturated rings. The maximum Gasteiger partial charge on any atom is 0.341 e. The average molecular weight is 549 g/mol. The van der Waals surface area contributed by atoms with Crippen LogP contribution in [0.5, 0.6) is 5.75 Å². The van der Waals surface area contributed by atoms with E-state index in [0.29, 0.717) is 37.6 Å². The minimum Gasteiger partial charge on any atom is -0.493 e. The first-order valence-electron chi connectivity index (χ1n) is 10.9. The van der Waals surface area contributed by atoms with E-state index in [2.05, 4.69) is 4.85 Å². The molecule has 0 saturated carbocycles. The lowest BCUT2D eigenvalue weighted by atomic mass is 9.99. The fourth-order valence-corrected chi connectivity index (χ4v) is 6.67. The van der Waals surface area contributed by atoms with Crippen LogP contribution in [0.3, 0.4) is 0 Å². The molecule has 0 amide bonds. The van der Waals surface area contributed by atoms with Crippen LogP contribution in [0.15, 0.2) is 89.1 Å². The van der Waals surface area contributed by atoms with Crippen LogP contribution < -0.4 is 4.74 Å². The Morgan fingerprint density at radius 3 is 2.46 bits per heavy atom. The highest BCUT2D eigenvalue weighted by Crippen LogP contribution is 2.49. The van der Waals surface area contributed by atoms with E-state index in [1.807, 2.05) is 17.5 Å². The Bertz CT molecular complexity index is 1790. The number of aliphatic carboxylic acids is 1. The zero-order valence-corrected chi connectivity index (χ0v) is 21.3. The van der Waals surface area contributed by atoms with E-state index < -0.39 is 22.6 Å². The van der Waals surface area contributed by atoms with Gasteiger partial charge in [-0.1, -0.05) is 48.0 Å². The Hall–Kier alpha value is -4.10. The first kappa shape index (κ1) is 24.6. The van der Waals surface area contributed by atoms with Crippen molar-refractivity contribution in [3.8, 4) is 27.4 Å². The standard InChI is InChI=1S/C27H17ClN2O5S2/c1-29-26-20(7-4-9-22(26)35-16-24(31)32)25-19-6-2-3-8-21(19)30(27(25)23-10-5-15-36-23)37(33,34)18-13-11-17(28)12-14-18/h2-15H,16H2,(H,31,32). The summed E-state index contributed by atoms with van der Waals surface area (Å²) in [6.07, 6.45) is 0. The van der Waals surface area contributed by atoms with Gasteiger partial charge in [-0.15, -0.1) is 11.3 Å². The third kappa shape index (κ3) is 4.36. The van der Waals surface area contributed by atoms with Gasteiger partial charge in [-0.2, -0.15) is 0 Å². The fourth-order valence-electron chi connectivity index (χ4n) is 4.18. The summed E-state index contributed by atoms with van der Waals surface area (Å²) in [6, 6.07) is 21.5. The highest BCUT2D eigenvalue weighted by atomic mass is 35.5. The highest BCUT2D eigenvalue weighted by Gasteiger charge is 2.30. The van der Waals surface area contributed by atoms with Crippen molar-refractivity contribution in [3.63, 3.8) is 0 Å². The summed E-state index contributed by atoms with van der Waals surface area (Å²) in [4.78, 5) is 15.5. The number of carboxylic acids is 1. The Labute approximate surface area is 221 Å². The first-order valence-corrected chi connectivity index (χ1v) is 13.6. The van der Waals surface area contributed by atoms with Gasteiger partial charge in [-0.05, 0) is 53.4 Å². The summed E-state index contributed by atoms with van der Waals surface area (Å²) in [7, 11) is -4.10. The van der Waals surface area contributed by atoms with Gasteiger partial charge < -0.3 is 9.84 Å². The molecule has 0 aliphatic heterocycles. The molecule has 184 valence electrons. The van der Waals surface area contributed by atoms with E-state index >= 15 is 0 Å². The largest absolute Gasteiger partial charge is 0.493 e. The number of hydrogen-bond donors (Lipinski definition) is 1. The van der Waals surface area contributed by atoms with Crippen LogP contribution in [-0.4, -0.2) is 30.1 Å². The molecule has 2 aromatic heterocycles. The van der Waals surface area contributed by atoms with Crippen LogP contribution in [-0.2, 0) is 14.8 Å². The lowest BCUT2D eigenvalue weighted by molar-refractivity contribution is -0.139. The Morgan fingerprint density at radius 1 is 1.03 bits per heavy atom. The van der Waals surface area contributed by atoms with Crippen LogP contribution in [0, 0.1) is 6.57 Å². The topological polar surface area (TPSA) is 90.0 Å². The van der Waals surface area contributed by atoms with Crippen molar-refractivity contribution >= 4 is 55.5 Å². The maximum absolute atomic E-state index is 14.1. The molecule has 37 heavy (non-hydrogen) atoms. The van der Waals surface area contributed by atoms with Crippen LogP contribution in [0.25, 0.3) is 37.4 Å². The molecular weight excluding hydrogens is 532 g/mol. The third-order valence-corrected chi connectivity index (χ3v) is 8.53. The van der Waals surface area contributed by atoms with Gasteiger partial charge in [0.15, 0.2) is 6.61 Å². The molecule has 5 aromatic rings. The van der Waals surface area contributed by atoms with Gasteiger partial charge in [-0.25, -0.2) is 22.0 Å². The Morgan fingerprint density at radius 2 is 1.78 bits per heavy atom. The van der Waals surface area contributed by atoms with Crippen LogP contribution in [0.4, 0.5) is 5.69 Å². The Kier molecular flexibility index (Phi) is 6.48. The number of nitrogens with zero attached hydrogens (tertiary/aromatic N) is 2. The number of thiophene rings is 1. The zero-order valence-electron chi connectivity index (χ0n) is 19.0. The molecule has 0 radical (unpaired) electrons. The number of rotatable bonds is 7. The second-order valence-electron chi connectivity index (χ2n) is 7.89. The molecule has 0 bridgehead atoms. The number of carboxylic acid groups (broad SMARTS) is 1. The SMILES string of the molecule is [C-]#[N+]c1c(OCC(=O)O)cccc1-c1c(-c2cccs2)n(S(=O)(=O)c2ccc(Cl)cc2)c2ccccc12. The van der Waals surface area contributed by atoms with Crippen LogP contribution >= 0.6 is 22.9 Å². The molecule has 7 nitrogen and oxygen atoms in total. The van der Waals surface area contributed by atoms with Gasteiger partial charge in [0.2, 0.25) is 5.69 Å². The molecule has 0 spiro atoms. The fraction of sp³-hybridized carbons (Fsp3) is 0.0370. The minimum atomic E-state index is -4.10. The van der Waals surface area contributed by atoms with E-state index in [-0.39, 0.29) is 16.3 Å². The van der Waals surface area contributed by atoms with Crippen LogP contribution in [0.2, 0.25) is 5.02 Å². The van der Waals surface area contributed by atoms with E-state index in [9.17, 15) is 13.2 Å². The van der Waals surface area contributed by atoms with Gasteiger partial charge in [0, 0.05) is 16.0 Å². The second kappa shape index (κ2) is 9.75. The normalized spacial score (nSPS) is 11.4. The van der Waals surface area contributed by atoms with Gasteiger partial charge in [0.05, 0.1) is 27.6 Å². The quantitative estimate of drug-likeness (QED) is 0.222. The van der Waals surface area contributed by atoms with Crippen molar-refractivity contribution in [2.75, 3.05) is 6.61 Å². The molecule has 2 heterocycles. The number of carbonyl (C=O) groups is 1. The number of aromatic nitrogens is 1. The molecule has 1 N–H and O–H groups in total. The predicted octanol–water partition coefficient (Wildman–Crippen LogP) is 6.94. The summed E-state index contributed by atoms with van der Waals surface area (Å²) in [6.45, 7) is 7.25. The Balaban J connectivity index is 1.89. The third-order valence-electron chi connectivity index (χ3n) is 5.67. The van der Waals surface area contributed by atoms with Gasteiger partial charge in [-0.3, -0.25) is 0 Å². The molecule has 3 aromatic carbocycles. The predicted molar refractivity (Wildman–Crippen MR) is 144 cm³/mol. The number of halogens is 1. The summed E-state index contributed by atoms with van der Waals surface area (Å²) >= 11 is 7.38.